The van der Waals surface area contributed by atoms with Gasteiger partial charge in [0.15, 0.2) is 0 Å². The molecule has 13 heteroatoms. The molecule has 0 bridgehead atoms. The summed E-state index contributed by atoms with van der Waals surface area (Å²) in [5.41, 5.74) is -0.131. The third-order valence-corrected chi connectivity index (χ3v) is 6.44. The Bertz CT molecular complexity index is 1070. The van der Waals surface area contributed by atoms with E-state index in [0.29, 0.717) is 5.52 Å². The first-order chi connectivity index (χ1) is 14.6. The lowest BCUT2D eigenvalue weighted by atomic mass is 10.1. The minimum absolute atomic E-state index is 0.0244. The van der Waals surface area contributed by atoms with Crippen molar-refractivity contribution >= 4 is 36.1 Å². The summed E-state index contributed by atoms with van der Waals surface area (Å²) in [5.74, 6) is -4.21. The Kier molecular flexibility index (Phi) is 7.17. The van der Waals surface area contributed by atoms with E-state index in [1.807, 2.05) is 0 Å². The molecule has 0 radical (unpaired) electrons. The van der Waals surface area contributed by atoms with Gasteiger partial charge in [0.1, 0.15) is 6.10 Å². The van der Waals surface area contributed by atoms with Crippen molar-refractivity contribution in [3.63, 3.8) is 0 Å². The lowest BCUT2D eigenvalue weighted by Gasteiger charge is -2.21. The zero-order valence-electron chi connectivity index (χ0n) is 16.4. The fourth-order valence-corrected chi connectivity index (χ4v) is 4.53. The largest absolute Gasteiger partial charge is 0.464 e. The first-order valence-electron chi connectivity index (χ1n) is 9.41. The van der Waals surface area contributed by atoms with Gasteiger partial charge in [0.25, 0.3) is 11.4 Å². The summed E-state index contributed by atoms with van der Waals surface area (Å²) in [6.45, 7) is 0.906. The highest BCUT2D eigenvalue weighted by atomic mass is 35.5. The Balaban J connectivity index is 1.82. The van der Waals surface area contributed by atoms with Gasteiger partial charge in [0, 0.05) is 5.92 Å². The van der Waals surface area contributed by atoms with Gasteiger partial charge in [-0.25, -0.2) is 9.78 Å². The third-order valence-electron chi connectivity index (χ3n) is 5.15. The molecule has 1 aliphatic carbocycles. The zero-order valence-corrected chi connectivity index (χ0v) is 18.0. The standard InChI is InChI=1S/C18H22ClN2O9P/c1-2-29-17(25)18(31(26,27)28)30-7-9-6-12(15(23)14(9)22)21-8-20-11-5-3-4-10(19)13(11)16(21)24/h3-5,8-9,12,14-15,18,22-23H,2,6-7H2,1H3,(H2,26,27,28)/t9-,12-,14-,15+,18+/m1/s1. The molecule has 4 N–H and O–H groups in total. The molecule has 1 saturated carbocycles. The molecule has 3 rings (SSSR count). The monoisotopic (exact) mass is 476 g/mol. The molecule has 1 heterocycles. The van der Waals surface area contributed by atoms with E-state index < -0.39 is 55.7 Å². The Morgan fingerprint density at radius 1 is 1.35 bits per heavy atom. The fraction of sp³-hybridized carbons (Fsp3) is 0.500. The van der Waals surface area contributed by atoms with E-state index in [1.54, 1.807) is 12.1 Å². The van der Waals surface area contributed by atoms with Crippen molar-refractivity contribution in [1.82, 2.24) is 9.55 Å². The van der Waals surface area contributed by atoms with E-state index in [1.165, 1.54) is 19.3 Å². The topological polar surface area (TPSA) is 168 Å². The number of nitrogens with zero attached hydrogens (tertiary/aromatic N) is 2. The number of ether oxygens (including phenoxy) is 2. The molecule has 1 aromatic carbocycles. The summed E-state index contributed by atoms with van der Waals surface area (Å²) in [7, 11) is -4.99. The number of hydrogen-bond acceptors (Lipinski definition) is 8. The summed E-state index contributed by atoms with van der Waals surface area (Å²) in [5, 5.41) is 21.3. The van der Waals surface area contributed by atoms with Crippen LogP contribution in [0.15, 0.2) is 29.3 Å². The molecule has 0 aliphatic heterocycles. The molecule has 31 heavy (non-hydrogen) atoms. The summed E-state index contributed by atoms with van der Waals surface area (Å²) in [4.78, 5) is 47.6. The average Bonchev–Trinajstić information content (AvgIpc) is 2.96. The number of carbonyl (C=O) groups excluding carboxylic acids is 1. The number of fused-ring (bicyclic) bond motifs is 1. The highest BCUT2D eigenvalue weighted by Crippen LogP contribution is 2.44. The molecule has 1 aromatic heterocycles. The lowest BCUT2D eigenvalue weighted by molar-refractivity contribution is -0.153. The second-order valence-electron chi connectivity index (χ2n) is 7.16. The van der Waals surface area contributed by atoms with Crippen LogP contribution in [0, 0.1) is 5.92 Å². The molecular formula is C18H22ClN2O9P. The summed E-state index contributed by atoms with van der Waals surface area (Å²) < 4.78 is 22.4. The number of rotatable bonds is 7. The van der Waals surface area contributed by atoms with Crippen molar-refractivity contribution < 1.29 is 38.8 Å². The summed E-state index contributed by atoms with van der Waals surface area (Å²) >= 11 is 6.11. The molecule has 2 aromatic rings. The molecule has 5 atom stereocenters. The number of aromatic nitrogens is 2. The maximum absolute atomic E-state index is 12.9. The van der Waals surface area contributed by atoms with Crippen molar-refractivity contribution in [2.75, 3.05) is 13.2 Å². The Hall–Kier alpha value is -1.85. The van der Waals surface area contributed by atoms with Crippen molar-refractivity contribution in [3.8, 4) is 0 Å². The van der Waals surface area contributed by atoms with Crippen LogP contribution in [0.1, 0.15) is 19.4 Å². The highest BCUT2D eigenvalue weighted by Gasteiger charge is 2.45. The molecule has 1 aliphatic rings. The maximum atomic E-state index is 12.9. The number of halogens is 1. The first kappa shape index (κ1) is 23.8. The number of benzene rings is 1. The fourth-order valence-electron chi connectivity index (χ4n) is 3.65. The SMILES string of the molecule is CCOC(=O)[C@@H](OC[C@H]1C[C@@H](n2cnc3cccc(Cl)c3c2=O)[C@H](O)[C@@H]1O)P(=O)(O)O. The van der Waals surface area contributed by atoms with Crippen LogP contribution in [0.3, 0.4) is 0 Å². The van der Waals surface area contributed by atoms with Gasteiger partial charge in [-0.3, -0.25) is 13.9 Å². The van der Waals surface area contributed by atoms with Crippen LogP contribution in [-0.4, -0.2) is 66.8 Å². The maximum Gasteiger partial charge on any atom is 0.365 e. The van der Waals surface area contributed by atoms with Crippen molar-refractivity contribution in [2.24, 2.45) is 5.92 Å². The van der Waals surface area contributed by atoms with Gasteiger partial charge >= 0.3 is 13.6 Å². The van der Waals surface area contributed by atoms with Gasteiger partial charge in [-0.2, -0.15) is 0 Å². The van der Waals surface area contributed by atoms with Crippen molar-refractivity contribution in [1.29, 1.82) is 0 Å². The Labute approximate surface area is 181 Å². The number of carbonyl (C=O) groups is 1. The third kappa shape index (κ3) is 4.83. The van der Waals surface area contributed by atoms with Gasteiger partial charge < -0.3 is 29.5 Å². The van der Waals surface area contributed by atoms with Gasteiger partial charge in [-0.05, 0) is 25.5 Å². The molecular weight excluding hydrogens is 455 g/mol. The quantitative estimate of drug-likeness (QED) is 0.324. The van der Waals surface area contributed by atoms with E-state index in [9.17, 15) is 34.2 Å². The van der Waals surface area contributed by atoms with Crippen LogP contribution in [0.25, 0.3) is 10.9 Å². The van der Waals surface area contributed by atoms with E-state index in [4.69, 9.17) is 16.3 Å². The van der Waals surface area contributed by atoms with Crippen LogP contribution in [0.2, 0.25) is 5.02 Å². The summed E-state index contributed by atoms with van der Waals surface area (Å²) in [6.07, 6.45) is -1.50. The van der Waals surface area contributed by atoms with Gasteiger partial charge in [-0.15, -0.1) is 0 Å². The lowest BCUT2D eigenvalue weighted by Crippen LogP contribution is -2.35. The minimum atomic E-state index is -4.99. The smallest absolute Gasteiger partial charge is 0.365 e. The Morgan fingerprint density at radius 3 is 2.71 bits per heavy atom. The van der Waals surface area contributed by atoms with Gasteiger partial charge in [0.2, 0.25) is 0 Å². The number of aliphatic hydroxyl groups excluding tert-OH is 2. The molecule has 0 unspecified atom stereocenters. The highest BCUT2D eigenvalue weighted by molar-refractivity contribution is 7.53. The molecule has 1 fully saturated rings. The Morgan fingerprint density at radius 2 is 2.06 bits per heavy atom. The second-order valence-corrected chi connectivity index (χ2v) is 9.22. The van der Waals surface area contributed by atoms with E-state index in [2.05, 4.69) is 9.72 Å². The number of aliphatic hydroxyl groups is 2. The van der Waals surface area contributed by atoms with E-state index >= 15 is 0 Å². The molecule has 0 spiro atoms. The van der Waals surface area contributed by atoms with Crippen molar-refractivity contribution in [3.05, 3.63) is 39.9 Å². The van der Waals surface area contributed by atoms with Crippen LogP contribution in [0.5, 0.6) is 0 Å². The first-order valence-corrected chi connectivity index (χ1v) is 11.5. The zero-order chi connectivity index (χ0) is 22.9. The average molecular weight is 477 g/mol. The van der Waals surface area contributed by atoms with E-state index in [-0.39, 0.29) is 23.4 Å². The molecule has 0 saturated heterocycles. The molecule has 170 valence electrons. The van der Waals surface area contributed by atoms with Crippen LogP contribution in [-0.2, 0) is 18.8 Å². The van der Waals surface area contributed by atoms with Gasteiger partial charge in [-0.1, -0.05) is 17.7 Å². The van der Waals surface area contributed by atoms with E-state index in [0.717, 1.165) is 4.57 Å². The number of hydrogen-bond donors (Lipinski definition) is 4. The van der Waals surface area contributed by atoms with Crippen LogP contribution < -0.4 is 5.56 Å². The minimum Gasteiger partial charge on any atom is -0.464 e. The second kappa shape index (κ2) is 9.33. The molecule has 11 nitrogen and oxygen atoms in total. The van der Waals surface area contributed by atoms with Crippen LogP contribution >= 0.6 is 19.2 Å². The van der Waals surface area contributed by atoms with Gasteiger partial charge in [0.05, 0.1) is 47.6 Å². The predicted molar refractivity (Wildman–Crippen MR) is 109 cm³/mol. The summed E-state index contributed by atoms with van der Waals surface area (Å²) in [6, 6.07) is 3.90. The number of esters is 1. The predicted octanol–water partition coefficient (Wildman–Crippen LogP) is 0.416. The normalized spacial score (nSPS) is 25.0. The van der Waals surface area contributed by atoms with Crippen molar-refractivity contribution in [2.45, 2.75) is 37.4 Å². The molecule has 0 amide bonds. The van der Waals surface area contributed by atoms with Crippen LogP contribution in [0.4, 0.5) is 0 Å².